The highest BCUT2D eigenvalue weighted by Gasteiger charge is 1.99. The molecule has 102 valence electrons. The van der Waals surface area contributed by atoms with E-state index in [1.807, 2.05) is 37.3 Å². The SMILES string of the molecule is Cc1cnccc1CNC(=O)/C=C/c1cccc(N)c1. The lowest BCUT2D eigenvalue weighted by atomic mass is 10.1. The molecule has 0 saturated heterocycles. The third-order valence-corrected chi connectivity index (χ3v) is 2.93. The zero-order valence-electron chi connectivity index (χ0n) is 11.3. The number of carbonyl (C=O) groups excluding carboxylic acids is 1. The van der Waals surface area contributed by atoms with Gasteiger partial charge in [-0.25, -0.2) is 0 Å². The molecule has 0 radical (unpaired) electrons. The number of carbonyl (C=O) groups is 1. The fraction of sp³-hybridized carbons (Fsp3) is 0.125. The van der Waals surface area contributed by atoms with Gasteiger partial charge in [0, 0.05) is 30.7 Å². The Bertz CT molecular complexity index is 635. The number of anilines is 1. The second kappa shape index (κ2) is 6.52. The molecule has 0 aliphatic heterocycles. The minimum atomic E-state index is -0.136. The fourth-order valence-electron chi connectivity index (χ4n) is 1.78. The van der Waals surface area contributed by atoms with E-state index in [1.54, 1.807) is 18.5 Å². The van der Waals surface area contributed by atoms with E-state index in [9.17, 15) is 4.79 Å². The number of nitrogen functional groups attached to an aromatic ring is 1. The van der Waals surface area contributed by atoms with Crippen molar-refractivity contribution in [2.45, 2.75) is 13.5 Å². The molecule has 4 nitrogen and oxygen atoms in total. The van der Waals surface area contributed by atoms with Gasteiger partial charge in [-0.1, -0.05) is 12.1 Å². The quantitative estimate of drug-likeness (QED) is 0.659. The van der Waals surface area contributed by atoms with Gasteiger partial charge in [0.1, 0.15) is 0 Å². The Morgan fingerprint density at radius 2 is 2.25 bits per heavy atom. The second-order valence-electron chi connectivity index (χ2n) is 4.52. The van der Waals surface area contributed by atoms with Crippen LogP contribution in [0.15, 0.2) is 48.8 Å². The minimum Gasteiger partial charge on any atom is -0.399 e. The van der Waals surface area contributed by atoms with Gasteiger partial charge < -0.3 is 11.1 Å². The minimum absolute atomic E-state index is 0.136. The third-order valence-electron chi connectivity index (χ3n) is 2.93. The number of pyridine rings is 1. The first-order valence-electron chi connectivity index (χ1n) is 6.36. The molecule has 4 heteroatoms. The molecule has 0 fully saturated rings. The van der Waals surface area contributed by atoms with Crippen molar-refractivity contribution in [2.75, 3.05) is 5.73 Å². The van der Waals surface area contributed by atoms with E-state index in [4.69, 9.17) is 5.73 Å². The maximum absolute atomic E-state index is 11.7. The molecule has 0 aliphatic carbocycles. The van der Waals surface area contributed by atoms with Gasteiger partial charge in [0.2, 0.25) is 5.91 Å². The molecule has 0 spiro atoms. The van der Waals surface area contributed by atoms with Crippen LogP contribution in [0.4, 0.5) is 5.69 Å². The van der Waals surface area contributed by atoms with Crippen LogP contribution in [0, 0.1) is 6.92 Å². The van der Waals surface area contributed by atoms with Crippen LogP contribution >= 0.6 is 0 Å². The van der Waals surface area contributed by atoms with Crippen LogP contribution in [-0.4, -0.2) is 10.9 Å². The number of aryl methyl sites for hydroxylation is 1. The molecule has 1 amide bonds. The zero-order chi connectivity index (χ0) is 14.4. The summed E-state index contributed by atoms with van der Waals surface area (Å²) >= 11 is 0. The Morgan fingerprint density at radius 3 is 3.00 bits per heavy atom. The summed E-state index contributed by atoms with van der Waals surface area (Å²) in [6.45, 7) is 2.46. The number of hydrogen-bond acceptors (Lipinski definition) is 3. The molecule has 1 aromatic heterocycles. The van der Waals surface area contributed by atoms with Gasteiger partial charge >= 0.3 is 0 Å². The topological polar surface area (TPSA) is 68.0 Å². The smallest absolute Gasteiger partial charge is 0.244 e. The van der Waals surface area contributed by atoms with Gasteiger partial charge in [-0.15, -0.1) is 0 Å². The molecule has 0 aliphatic rings. The van der Waals surface area contributed by atoms with Gasteiger partial charge in [-0.2, -0.15) is 0 Å². The number of nitrogens with zero attached hydrogens (tertiary/aromatic N) is 1. The van der Waals surface area contributed by atoms with E-state index in [-0.39, 0.29) is 5.91 Å². The summed E-state index contributed by atoms with van der Waals surface area (Å²) in [5.74, 6) is -0.136. The molecule has 0 bridgehead atoms. The average Bonchev–Trinajstić information content (AvgIpc) is 2.44. The van der Waals surface area contributed by atoms with Crippen LogP contribution in [0.25, 0.3) is 6.08 Å². The number of benzene rings is 1. The van der Waals surface area contributed by atoms with Crippen LogP contribution < -0.4 is 11.1 Å². The summed E-state index contributed by atoms with van der Waals surface area (Å²) in [6.07, 6.45) is 6.75. The van der Waals surface area contributed by atoms with Crippen molar-refractivity contribution in [3.05, 3.63) is 65.5 Å². The summed E-state index contributed by atoms with van der Waals surface area (Å²) in [6, 6.07) is 9.28. The summed E-state index contributed by atoms with van der Waals surface area (Å²) in [5, 5.41) is 2.84. The normalized spacial score (nSPS) is 10.7. The monoisotopic (exact) mass is 267 g/mol. The zero-order valence-corrected chi connectivity index (χ0v) is 11.3. The van der Waals surface area contributed by atoms with E-state index in [0.29, 0.717) is 12.2 Å². The second-order valence-corrected chi connectivity index (χ2v) is 4.52. The van der Waals surface area contributed by atoms with Crippen molar-refractivity contribution >= 4 is 17.7 Å². The van der Waals surface area contributed by atoms with Gasteiger partial charge in [0.25, 0.3) is 0 Å². The number of rotatable bonds is 4. The third kappa shape index (κ3) is 3.95. The molecular weight excluding hydrogens is 250 g/mol. The predicted molar refractivity (Wildman–Crippen MR) is 80.7 cm³/mol. The van der Waals surface area contributed by atoms with Crippen LogP contribution in [-0.2, 0) is 11.3 Å². The summed E-state index contributed by atoms with van der Waals surface area (Å²) in [4.78, 5) is 15.8. The van der Waals surface area contributed by atoms with Crippen molar-refractivity contribution in [1.82, 2.24) is 10.3 Å². The molecule has 2 aromatic rings. The first-order chi connectivity index (χ1) is 9.65. The Labute approximate surface area is 118 Å². The Balaban J connectivity index is 1.91. The molecule has 0 atom stereocenters. The highest BCUT2D eigenvalue weighted by atomic mass is 16.1. The van der Waals surface area contributed by atoms with E-state index in [1.165, 1.54) is 6.08 Å². The standard InChI is InChI=1S/C16H17N3O/c1-12-10-18-8-7-14(12)11-19-16(20)6-5-13-3-2-4-15(17)9-13/h2-10H,11,17H2,1H3,(H,19,20)/b6-5+. The van der Waals surface area contributed by atoms with E-state index >= 15 is 0 Å². The van der Waals surface area contributed by atoms with E-state index in [0.717, 1.165) is 16.7 Å². The predicted octanol–water partition coefficient (Wildman–Crippen LogP) is 2.30. The molecule has 0 unspecified atom stereocenters. The van der Waals surface area contributed by atoms with Crippen LogP contribution in [0.1, 0.15) is 16.7 Å². The van der Waals surface area contributed by atoms with Crippen LogP contribution in [0.3, 0.4) is 0 Å². The van der Waals surface area contributed by atoms with Crippen molar-refractivity contribution in [1.29, 1.82) is 0 Å². The first kappa shape index (κ1) is 13.8. The first-order valence-corrected chi connectivity index (χ1v) is 6.36. The molecule has 2 rings (SSSR count). The molecule has 0 saturated carbocycles. The van der Waals surface area contributed by atoms with Crippen LogP contribution in [0.2, 0.25) is 0 Å². The maximum atomic E-state index is 11.7. The highest BCUT2D eigenvalue weighted by Crippen LogP contribution is 2.08. The maximum Gasteiger partial charge on any atom is 0.244 e. The van der Waals surface area contributed by atoms with Gasteiger partial charge in [-0.05, 0) is 47.9 Å². The van der Waals surface area contributed by atoms with Crippen molar-refractivity contribution < 1.29 is 4.79 Å². The van der Waals surface area contributed by atoms with Crippen LogP contribution in [0.5, 0.6) is 0 Å². The molecule has 1 aromatic carbocycles. The summed E-state index contributed by atoms with van der Waals surface area (Å²) in [7, 11) is 0. The number of nitrogens with one attached hydrogen (secondary N) is 1. The molecule has 20 heavy (non-hydrogen) atoms. The largest absolute Gasteiger partial charge is 0.399 e. The van der Waals surface area contributed by atoms with Crippen molar-refractivity contribution in [2.24, 2.45) is 0 Å². The lowest BCUT2D eigenvalue weighted by molar-refractivity contribution is -0.116. The lowest BCUT2D eigenvalue weighted by Gasteiger charge is -2.05. The Kier molecular flexibility index (Phi) is 4.50. The van der Waals surface area contributed by atoms with Crippen molar-refractivity contribution in [3.8, 4) is 0 Å². The Hall–Kier alpha value is -2.62. The van der Waals surface area contributed by atoms with Crippen molar-refractivity contribution in [3.63, 3.8) is 0 Å². The lowest BCUT2D eigenvalue weighted by Crippen LogP contribution is -2.20. The number of hydrogen-bond donors (Lipinski definition) is 2. The average molecular weight is 267 g/mol. The highest BCUT2D eigenvalue weighted by molar-refractivity contribution is 5.91. The van der Waals surface area contributed by atoms with Gasteiger partial charge in [0.05, 0.1) is 0 Å². The van der Waals surface area contributed by atoms with E-state index < -0.39 is 0 Å². The molecule has 1 heterocycles. The number of nitrogens with two attached hydrogens (primary N) is 1. The fourth-order valence-corrected chi connectivity index (χ4v) is 1.78. The van der Waals surface area contributed by atoms with Gasteiger partial charge in [0.15, 0.2) is 0 Å². The number of aromatic nitrogens is 1. The van der Waals surface area contributed by atoms with Gasteiger partial charge in [-0.3, -0.25) is 9.78 Å². The Morgan fingerprint density at radius 1 is 1.40 bits per heavy atom. The summed E-state index contributed by atoms with van der Waals surface area (Å²) in [5.41, 5.74) is 9.38. The van der Waals surface area contributed by atoms with E-state index in [2.05, 4.69) is 10.3 Å². The molecular formula is C16H17N3O. The number of amides is 1. The summed E-state index contributed by atoms with van der Waals surface area (Å²) < 4.78 is 0. The molecule has 3 N–H and O–H groups in total.